The second-order valence-corrected chi connectivity index (χ2v) is 7.38. The summed E-state index contributed by atoms with van der Waals surface area (Å²) in [5.41, 5.74) is 1.39. The van der Waals surface area contributed by atoms with Crippen LogP contribution in [0.2, 0.25) is 0 Å². The van der Waals surface area contributed by atoms with Crippen molar-refractivity contribution in [3.63, 3.8) is 0 Å². The van der Waals surface area contributed by atoms with Gasteiger partial charge >= 0.3 is 0 Å². The third-order valence-electron chi connectivity index (χ3n) is 5.24. The van der Waals surface area contributed by atoms with Gasteiger partial charge in [0.1, 0.15) is 11.5 Å². The molecule has 0 fully saturated rings. The quantitative estimate of drug-likeness (QED) is 0.226. The first-order valence-corrected chi connectivity index (χ1v) is 10.4. The molecule has 1 heterocycles. The maximum Gasteiger partial charge on any atom is 0.293 e. The highest BCUT2D eigenvalue weighted by molar-refractivity contribution is 6.04. The molecule has 0 spiro atoms. The Kier molecular flexibility index (Phi) is 6.61. The van der Waals surface area contributed by atoms with E-state index in [0.717, 1.165) is 16.3 Å². The number of nitro groups is 1. The first kappa shape index (κ1) is 22.0. The van der Waals surface area contributed by atoms with Crippen LogP contribution >= 0.6 is 0 Å². The second kappa shape index (κ2) is 9.92. The van der Waals surface area contributed by atoms with E-state index in [4.69, 9.17) is 4.74 Å². The van der Waals surface area contributed by atoms with Crippen molar-refractivity contribution in [2.24, 2.45) is 0 Å². The fraction of sp³-hybridized carbons (Fsp3) is 0.167. The van der Waals surface area contributed by atoms with Crippen LogP contribution in [0, 0.1) is 10.1 Å². The fourth-order valence-electron chi connectivity index (χ4n) is 3.61. The van der Waals surface area contributed by atoms with Crippen LogP contribution in [-0.4, -0.2) is 40.9 Å². The number of fused-ring (bicyclic) bond motifs is 1. The highest BCUT2D eigenvalue weighted by atomic mass is 16.6. The number of ether oxygens (including phenoxy) is 1. The molecule has 168 valence electrons. The monoisotopic (exact) mass is 445 g/mol. The Bertz CT molecular complexity index is 1300. The lowest BCUT2D eigenvalue weighted by Crippen LogP contribution is -2.17. The Hall–Kier alpha value is -4.24. The Morgan fingerprint density at radius 1 is 1.12 bits per heavy atom. The van der Waals surface area contributed by atoms with E-state index in [1.807, 2.05) is 42.5 Å². The summed E-state index contributed by atoms with van der Waals surface area (Å²) in [6, 6.07) is 20.1. The second-order valence-electron chi connectivity index (χ2n) is 7.38. The number of hydrogen-bond acceptors (Lipinski definition) is 6. The van der Waals surface area contributed by atoms with Gasteiger partial charge in [-0.05, 0) is 28.5 Å². The van der Waals surface area contributed by atoms with Crippen molar-refractivity contribution in [1.29, 1.82) is 0 Å². The molecule has 9 heteroatoms. The Morgan fingerprint density at radius 3 is 2.76 bits per heavy atom. The van der Waals surface area contributed by atoms with Crippen molar-refractivity contribution in [3.05, 3.63) is 94.2 Å². The van der Waals surface area contributed by atoms with Crippen molar-refractivity contribution >= 4 is 33.9 Å². The topological polar surface area (TPSA) is 111 Å². The molecule has 0 aliphatic rings. The van der Waals surface area contributed by atoms with E-state index in [2.05, 4.69) is 15.7 Å². The predicted molar refractivity (Wildman–Crippen MR) is 127 cm³/mol. The molecule has 0 saturated carbocycles. The van der Waals surface area contributed by atoms with Gasteiger partial charge in [-0.3, -0.25) is 14.9 Å². The van der Waals surface area contributed by atoms with Crippen LogP contribution in [0.25, 0.3) is 10.8 Å². The molecular formula is C24H23N5O4. The van der Waals surface area contributed by atoms with Crippen LogP contribution in [0.4, 0.5) is 17.2 Å². The molecule has 4 rings (SSSR count). The Labute approximate surface area is 190 Å². The van der Waals surface area contributed by atoms with Crippen molar-refractivity contribution in [2.75, 3.05) is 30.9 Å². The van der Waals surface area contributed by atoms with Gasteiger partial charge in [0.2, 0.25) is 0 Å². The zero-order chi connectivity index (χ0) is 23.2. The van der Waals surface area contributed by atoms with E-state index < -0.39 is 10.8 Å². The summed E-state index contributed by atoms with van der Waals surface area (Å²) in [4.78, 5) is 23.8. The lowest BCUT2D eigenvalue weighted by atomic mass is 10.0. The van der Waals surface area contributed by atoms with E-state index in [1.54, 1.807) is 30.1 Å². The van der Waals surface area contributed by atoms with Gasteiger partial charge in [-0.15, -0.1) is 0 Å². The number of benzene rings is 3. The molecular weight excluding hydrogens is 422 g/mol. The van der Waals surface area contributed by atoms with Crippen molar-refractivity contribution < 1.29 is 14.5 Å². The largest absolute Gasteiger partial charge is 0.383 e. The molecule has 0 aliphatic carbocycles. The number of aromatic nitrogens is 2. The van der Waals surface area contributed by atoms with Gasteiger partial charge in [0, 0.05) is 31.4 Å². The molecule has 33 heavy (non-hydrogen) atoms. The van der Waals surface area contributed by atoms with E-state index in [9.17, 15) is 14.9 Å². The highest BCUT2D eigenvalue weighted by Gasteiger charge is 2.18. The number of carbonyl (C=O) groups excluding carboxylic acids is 1. The first-order chi connectivity index (χ1) is 16.1. The standard InChI is InChI=1S/C24H23N5O4/c1-33-14-13-25-21-10-9-18(15-22(21)29(31)32)24(30)27-23-11-12-26-28(23)16-19-7-4-6-17-5-2-3-8-20(17)19/h2-12,15,25H,13-14,16H2,1H3,(H,27,30). The minimum absolute atomic E-state index is 0.178. The third-order valence-corrected chi connectivity index (χ3v) is 5.24. The number of carbonyl (C=O) groups is 1. The molecule has 1 amide bonds. The molecule has 0 radical (unpaired) electrons. The average Bonchev–Trinajstić information content (AvgIpc) is 3.26. The maximum atomic E-state index is 12.9. The SMILES string of the molecule is COCCNc1ccc(C(=O)Nc2ccnn2Cc2cccc3ccccc23)cc1[N+](=O)[O-]. The van der Waals surface area contributed by atoms with Gasteiger partial charge in [-0.25, -0.2) is 4.68 Å². The number of amides is 1. The molecule has 0 aliphatic heterocycles. The van der Waals surface area contributed by atoms with Crippen LogP contribution in [0.5, 0.6) is 0 Å². The number of nitrogens with one attached hydrogen (secondary N) is 2. The zero-order valence-corrected chi connectivity index (χ0v) is 18.0. The molecule has 4 aromatic rings. The lowest BCUT2D eigenvalue weighted by Gasteiger charge is -2.12. The molecule has 1 aromatic heterocycles. The normalized spacial score (nSPS) is 10.8. The summed E-state index contributed by atoms with van der Waals surface area (Å²) >= 11 is 0. The van der Waals surface area contributed by atoms with E-state index in [1.165, 1.54) is 12.1 Å². The van der Waals surface area contributed by atoms with E-state index in [0.29, 0.717) is 31.2 Å². The molecule has 0 atom stereocenters. The van der Waals surface area contributed by atoms with Crippen LogP contribution in [0.15, 0.2) is 72.9 Å². The maximum absolute atomic E-state index is 12.9. The molecule has 0 bridgehead atoms. The summed E-state index contributed by atoms with van der Waals surface area (Å²) in [5, 5.41) is 23.8. The molecule has 0 unspecified atom stereocenters. The van der Waals surface area contributed by atoms with Gasteiger partial charge in [0.05, 0.1) is 24.3 Å². The van der Waals surface area contributed by atoms with E-state index >= 15 is 0 Å². The first-order valence-electron chi connectivity index (χ1n) is 10.4. The van der Waals surface area contributed by atoms with Gasteiger partial charge < -0.3 is 15.4 Å². The fourth-order valence-corrected chi connectivity index (χ4v) is 3.61. The number of hydrogen-bond donors (Lipinski definition) is 2. The zero-order valence-electron chi connectivity index (χ0n) is 18.0. The third kappa shape index (κ3) is 4.99. The summed E-state index contributed by atoms with van der Waals surface area (Å²) in [6.45, 7) is 1.28. The number of anilines is 2. The average molecular weight is 445 g/mol. The minimum Gasteiger partial charge on any atom is -0.383 e. The van der Waals surface area contributed by atoms with Crippen LogP contribution in [0.3, 0.4) is 0 Å². The Morgan fingerprint density at radius 2 is 1.94 bits per heavy atom. The highest BCUT2D eigenvalue weighted by Crippen LogP contribution is 2.26. The molecule has 0 saturated heterocycles. The predicted octanol–water partition coefficient (Wildman–Crippen LogP) is 4.30. The Balaban J connectivity index is 1.53. The minimum atomic E-state index is -0.517. The molecule has 2 N–H and O–H groups in total. The summed E-state index contributed by atoms with van der Waals surface area (Å²) < 4.78 is 6.65. The van der Waals surface area contributed by atoms with Gasteiger partial charge in [0.25, 0.3) is 11.6 Å². The number of methoxy groups -OCH3 is 1. The lowest BCUT2D eigenvalue weighted by molar-refractivity contribution is -0.384. The van der Waals surface area contributed by atoms with Crippen LogP contribution < -0.4 is 10.6 Å². The molecule has 9 nitrogen and oxygen atoms in total. The summed E-state index contributed by atoms with van der Waals surface area (Å²) in [5.74, 6) is 0.0408. The molecule has 3 aromatic carbocycles. The van der Waals surface area contributed by atoms with Crippen molar-refractivity contribution in [1.82, 2.24) is 9.78 Å². The summed E-state index contributed by atoms with van der Waals surface area (Å²) in [7, 11) is 1.55. The van der Waals surface area contributed by atoms with Crippen LogP contribution in [0.1, 0.15) is 15.9 Å². The van der Waals surface area contributed by atoms with E-state index in [-0.39, 0.29) is 11.3 Å². The number of rotatable bonds is 9. The smallest absolute Gasteiger partial charge is 0.293 e. The van der Waals surface area contributed by atoms with Gasteiger partial charge in [0.15, 0.2) is 0 Å². The summed E-state index contributed by atoms with van der Waals surface area (Å²) in [6.07, 6.45) is 1.60. The van der Waals surface area contributed by atoms with Crippen LogP contribution in [-0.2, 0) is 11.3 Å². The van der Waals surface area contributed by atoms with Crippen molar-refractivity contribution in [2.45, 2.75) is 6.54 Å². The van der Waals surface area contributed by atoms with Crippen molar-refractivity contribution in [3.8, 4) is 0 Å². The number of nitro benzene ring substituents is 1. The number of nitrogens with zero attached hydrogens (tertiary/aromatic N) is 3. The van der Waals surface area contributed by atoms with Gasteiger partial charge in [-0.1, -0.05) is 42.5 Å². The van der Waals surface area contributed by atoms with Gasteiger partial charge in [-0.2, -0.15) is 5.10 Å².